The predicted octanol–water partition coefficient (Wildman–Crippen LogP) is 1.88. The Labute approximate surface area is 114 Å². The van der Waals surface area contributed by atoms with Crippen molar-refractivity contribution in [3.05, 3.63) is 22.7 Å². The highest BCUT2D eigenvalue weighted by Gasteiger charge is 2.27. The van der Waals surface area contributed by atoms with Crippen LogP contribution in [0.3, 0.4) is 0 Å². The van der Waals surface area contributed by atoms with Crippen molar-refractivity contribution < 1.29 is 4.74 Å². The Hall–Kier alpha value is -1.36. The molecule has 0 radical (unpaired) electrons. The molecule has 0 amide bonds. The van der Waals surface area contributed by atoms with Crippen LogP contribution in [0.4, 0.5) is 5.82 Å². The van der Waals surface area contributed by atoms with Gasteiger partial charge in [0, 0.05) is 38.7 Å². The number of aromatic nitrogens is 2. The highest BCUT2D eigenvalue weighted by molar-refractivity contribution is 5.31. The molecule has 5 nitrogen and oxygen atoms in total. The highest BCUT2D eigenvalue weighted by atomic mass is 16.5. The van der Waals surface area contributed by atoms with E-state index in [9.17, 15) is 4.79 Å². The molecule has 1 aliphatic heterocycles. The second kappa shape index (κ2) is 6.19. The molecule has 1 aliphatic rings. The van der Waals surface area contributed by atoms with Crippen LogP contribution in [-0.4, -0.2) is 29.3 Å². The molecule has 5 heteroatoms. The maximum absolute atomic E-state index is 12.1. The van der Waals surface area contributed by atoms with Gasteiger partial charge in [-0.15, -0.1) is 0 Å². The van der Waals surface area contributed by atoms with Crippen LogP contribution in [0.25, 0.3) is 0 Å². The summed E-state index contributed by atoms with van der Waals surface area (Å²) >= 11 is 0. The zero-order valence-electron chi connectivity index (χ0n) is 11.8. The SMILES string of the molecule is CCCn1ccnc(NCC2(C)CCOCC2)c1=O. The zero-order valence-corrected chi connectivity index (χ0v) is 11.8. The maximum Gasteiger partial charge on any atom is 0.293 e. The average Bonchev–Trinajstić information content (AvgIpc) is 2.41. The quantitative estimate of drug-likeness (QED) is 0.883. The van der Waals surface area contributed by atoms with Crippen LogP contribution < -0.4 is 10.9 Å². The fraction of sp³-hybridized carbons (Fsp3) is 0.714. The van der Waals surface area contributed by atoms with Crippen molar-refractivity contribution in [1.82, 2.24) is 9.55 Å². The summed E-state index contributed by atoms with van der Waals surface area (Å²) < 4.78 is 7.09. The first-order valence-electron chi connectivity index (χ1n) is 7.02. The van der Waals surface area contributed by atoms with E-state index in [0.717, 1.165) is 45.6 Å². The molecule has 0 aliphatic carbocycles. The average molecular weight is 265 g/mol. The van der Waals surface area contributed by atoms with Crippen molar-refractivity contribution in [2.45, 2.75) is 39.7 Å². The minimum absolute atomic E-state index is 0.0278. The normalized spacial score (nSPS) is 18.2. The summed E-state index contributed by atoms with van der Waals surface area (Å²) in [6.45, 7) is 7.41. The third-order valence-corrected chi connectivity index (χ3v) is 3.76. The number of rotatable bonds is 5. The largest absolute Gasteiger partial charge is 0.381 e. The van der Waals surface area contributed by atoms with Gasteiger partial charge in [0.2, 0.25) is 0 Å². The molecule has 106 valence electrons. The molecule has 0 bridgehead atoms. The molecule has 0 atom stereocenters. The van der Waals surface area contributed by atoms with E-state index in [0.29, 0.717) is 5.82 Å². The zero-order chi connectivity index (χ0) is 13.7. The topological polar surface area (TPSA) is 56.1 Å². The monoisotopic (exact) mass is 265 g/mol. The van der Waals surface area contributed by atoms with Crippen LogP contribution in [0.15, 0.2) is 17.2 Å². The molecular weight excluding hydrogens is 242 g/mol. The summed E-state index contributed by atoms with van der Waals surface area (Å²) in [7, 11) is 0. The van der Waals surface area contributed by atoms with Gasteiger partial charge in [0.15, 0.2) is 5.82 Å². The van der Waals surface area contributed by atoms with Crippen LogP contribution in [-0.2, 0) is 11.3 Å². The van der Waals surface area contributed by atoms with E-state index < -0.39 is 0 Å². The molecule has 1 aromatic rings. The number of anilines is 1. The van der Waals surface area contributed by atoms with Gasteiger partial charge >= 0.3 is 0 Å². The molecule has 0 aromatic carbocycles. The molecule has 2 heterocycles. The van der Waals surface area contributed by atoms with Gasteiger partial charge in [0.25, 0.3) is 5.56 Å². The first kappa shape index (κ1) is 14.1. The number of aryl methyl sites for hydroxylation is 1. The Balaban J connectivity index is 2.03. The minimum atomic E-state index is -0.0278. The van der Waals surface area contributed by atoms with Crippen LogP contribution in [0, 0.1) is 5.41 Å². The Bertz CT molecular complexity index is 464. The fourth-order valence-electron chi connectivity index (χ4n) is 2.32. The van der Waals surface area contributed by atoms with Gasteiger partial charge < -0.3 is 14.6 Å². The van der Waals surface area contributed by atoms with Gasteiger partial charge in [-0.1, -0.05) is 13.8 Å². The molecule has 2 rings (SSSR count). The fourth-order valence-corrected chi connectivity index (χ4v) is 2.32. The van der Waals surface area contributed by atoms with Gasteiger partial charge in [-0.05, 0) is 24.7 Å². The van der Waals surface area contributed by atoms with Crippen molar-refractivity contribution in [2.24, 2.45) is 5.41 Å². The molecule has 1 aromatic heterocycles. The molecular formula is C14H23N3O2. The summed E-state index contributed by atoms with van der Waals surface area (Å²) in [6.07, 6.45) is 6.42. The van der Waals surface area contributed by atoms with Gasteiger partial charge in [-0.2, -0.15) is 0 Å². The van der Waals surface area contributed by atoms with Crippen molar-refractivity contribution in [2.75, 3.05) is 25.1 Å². The van der Waals surface area contributed by atoms with E-state index in [1.54, 1.807) is 17.0 Å². The number of ether oxygens (including phenoxy) is 1. The predicted molar refractivity (Wildman–Crippen MR) is 75.4 cm³/mol. The Morgan fingerprint density at radius 2 is 2.21 bits per heavy atom. The van der Waals surface area contributed by atoms with E-state index in [4.69, 9.17) is 4.74 Å². The van der Waals surface area contributed by atoms with E-state index in [2.05, 4.69) is 24.1 Å². The lowest BCUT2D eigenvalue weighted by atomic mass is 9.82. The number of nitrogens with zero attached hydrogens (tertiary/aromatic N) is 2. The summed E-state index contributed by atoms with van der Waals surface area (Å²) in [5, 5.41) is 3.22. The van der Waals surface area contributed by atoms with Crippen molar-refractivity contribution in [3.63, 3.8) is 0 Å². The molecule has 1 N–H and O–H groups in total. The maximum atomic E-state index is 12.1. The van der Waals surface area contributed by atoms with E-state index >= 15 is 0 Å². The Morgan fingerprint density at radius 1 is 1.47 bits per heavy atom. The first-order chi connectivity index (χ1) is 9.14. The van der Waals surface area contributed by atoms with E-state index in [1.165, 1.54) is 0 Å². The number of hydrogen-bond acceptors (Lipinski definition) is 4. The molecule has 0 unspecified atom stereocenters. The third-order valence-electron chi connectivity index (χ3n) is 3.76. The molecule has 1 fully saturated rings. The number of hydrogen-bond donors (Lipinski definition) is 1. The van der Waals surface area contributed by atoms with Gasteiger partial charge in [-0.25, -0.2) is 4.98 Å². The van der Waals surface area contributed by atoms with Gasteiger partial charge in [0.05, 0.1) is 0 Å². The van der Waals surface area contributed by atoms with E-state index in [1.807, 2.05) is 0 Å². The van der Waals surface area contributed by atoms with Crippen LogP contribution >= 0.6 is 0 Å². The molecule has 19 heavy (non-hydrogen) atoms. The van der Waals surface area contributed by atoms with Gasteiger partial charge in [0.1, 0.15) is 0 Å². The van der Waals surface area contributed by atoms with Gasteiger partial charge in [-0.3, -0.25) is 4.79 Å². The highest BCUT2D eigenvalue weighted by Crippen LogP contribution is 2.29. The summed E-state index contributed by atoms with van der Waals surface area (Å²) in [4.78, 5) is 16.3. The molecule has 0 spiro atoms. The lowest BCUT2D eigenvalue weighted by molar-refractivity contribution is 0.0299. The molecule has 1 saturated heterocycles. The Morgan fingerprint density at radius 3 is 2.89 bits per heavy atom. The minimum Gasteiger partial charge on any atom is -0.381 e. The second-order valence-electron chi connectivity index (χ2n) is 5.55. The smallest absolute Gasteiger partial charge is 0.293 e. The summed E-state index contributed by atoms with van der Waals surface area (Å²) in [5.41, 5.74) is 0.164. The summed E-state index contributed by atoms with van der Waals surface area (Å²) in [5.74, 6) is 0.462. The van der Waals surface area contributed by atoms with Crippen molar-refractivity contribution in [3.8, 4) is 0 Å². The number of nitrogens with one attached hydrogen (secondary N) is 1. The first-order valence-corrected chi connectivity index (χ1v) is 7.02. The van der Waals surface area contributed by atoms with Crippen molar-refractivity contribution in [1.29, 1.82) is 0 Å². The lowest BCUT2D eigenvalue weighted by Gasteiger charge is -2.33. The molecule has 0 saturated carbocycles. The van der Waals surface area contributed by atoms with E-state index in [-0.39, 0.29) is 11.0 Å². The standard InChI is InChI=1S/C14H23N3O2/c1-3-7-17-8-6-15-12(13(17)18)16-11-14(2)4-9-19-10-5-14/h6,8H,3-5,7,9-11H2,1-2H3,(H,15,16). The van der Waals surface area contributed by atoms with Crippen LogP contribution in [0.1, 0.15) is 33.1 Å². The third kappa shape index (κ3) is 3.56. The lowest BCUT2D eigenvalue weighted by Crippen LogP contribution is -2.35. The Kier molecular flexibility index (Phi) is 4.58. The second-order valence-corrected chi connectivity index (χ2v) is 5.55. The summed E-state index contributed by atoms with van der Waals surface area (Å²) in [6, 6.07) is 0. The van der Waals surface area contributed by atoms with Crippen LogP contribution in [0.2, 0.25) is 0 Å². The van der Waals surface area contributed by atoms with Crippen molar-refractivity contribution >= 4 is 5.82 Å². The van der Waals surface area contributed by atoms with Crippen LogP contribution in [0.5, 0.6) is 0 Å².